The fraction of sp³-hybridized carbons (Fsp3) is 0.0682. The molecular weight excluding hydrogens is 587 g/mol. The van der Waals surface area contributed by atoms with Crippen LogP contribution in [0.15, 0.2) is 163 Å². The minimum atomic E-state index is -0.485. The zero-order valence-electron chi connectivity index (χ0n) is 26.0. The average Bonchev–Trinajstić information content (AvgIpc) is 3.45. The van der Waals surface area contributed by atoms with E-state index in [-0.39, 0.29) is 6.10 Å². The summed E-state index contributed by atoms with van der Waals surface area (Å²) in [5.41, 5.74) is 12.7. The first-order chi connectivity index (χ1) is 23.8. The molecule has 3 aliphatic rings. The molecule has 0 saturated heterocycles. The van der Waals surface area contributed by atoms with Crippen LogP contribution in [-0.2, 0) is 5.41 Å². The number of hydrogen-bond acceptors (Lipinski definition) is 4. The van der Waals surface area contributed by atoms with Crippen LogP contribution in [0.25, 0.3) is 55.9 Å². The highest BCUT2D eigenvalue weighted by Crippen LogP contribution is 2.61. The number of aromatic nitrogens is 3. The number of allylic oxidation sites excluding steroid dienone is 2. The third-order valence-electron chi connectivity index (χ3n) is 10.1. The third-order valence-corrected chi connectivity index (χ3v) is 10.1. The van der Waals surface area contributed by atoms with Gasteiger partial charge in [-0.3, -0.25) is 4.98 Å². The Balaban J connectivity index is 1.22. The Morgan fingerprint density at radius 1 is 0.604 bits per heavy atom. The Morgan fingerprint density at radius 2 is 1.33 bits per heavy atom. The summed E-state index contributed by atoms with van der Waals surface area (Å²) >= 11 is 0. The first kappa shape index (κ1) is 27.0. The van der Waals surface area contributed by atoms with E-state index in [0.717, 1.165) is 56.7 Å². The van der Waals surface area contributed by atoms with Crippen LogP contribution in [0.1, 0.15) is 23.1 Å². The van der Waals surface area contributed by atoms with Gasteiger partial charge in [-0.1, -0.05) is 115 Å². The van der Waals surface area contributed by atoms with E-state index < -0.39 is 5.41 Å². The lowest BCUT2D eigenvalue weighted by Crippen LogP contribution is -2.42. The minimum Gasteiger partial charge on any atom is -0.485 e. The van der Waals surface area contributed by atoms with Gasteiger partial charge in [0.2, 0.25) is 0 Å². The van der Waals surface area contributed by atoms with E-state index in [9.17, 15) is 0 Å². The molecule has 10 rings (SSSR count). The van der Waals surface area contributed by atoms with Crippen LogP contribution in [0.3, 0.4) is 0 Å². The molecule has 0 radical (unpaired) electrons. The van der Waals surface area contributed by atoms with Gasteiger partial charge in [-0.2, -0.15) is 0 Å². The predicted molar refractivity (Wildman–Crippen MR) is 192 cm³/mol. The van der Waals surface area contributed by atoms with Crippen molar-refractivity contribution >= 4 is 10.9 Å². The van der Waals surface area contributed by atoms with Crippen LogP contribution in [0.4, 0.5) is 0 Å². The van der Waals surface area contributed by atoms with Crippen LogP contribution in [0.2, 0.25) is 0 Å². The number of para-hydroxylation sites is 1. The van der Waals surface area contributed by atoms with E-state index in [0.29, 0.717) is 5.82 Å². The molecule has 0 fully saturated rings. The van der Waals surface area contributed by atoms with Gasteiger partial charge >= 0.3 is 0 Å². The second kappa shape index (κ2) is 10.4. The van der Waals surface area contributed by atoms with Gasteiger partial charge in [0.15, 0.2) is 5.82 Å². The molecule has 0 N–H and O–H groups in total. The molecule has 48 heavy (non-hydrogen) atoms. The zero-order chi connectivity index (χ0) is 31.7. The smallest absolute Gasteiger partial charge is 0.162 e. The number of ether oxygens (including phenoxy) is 1. The van der Waals surface area contributed by atoms with Crippen molar-refractivity contribution in [2.45, 2.75) is 17.9 Å². The van der Waals surface area contributed by atoms with Crippen LogP contribution in [-0.4, -0.2) is 21.1 Å². The zero-order valence-corrected chi connectivity index (χ0v) is 26.0. The summed E-state index contributed by atoms with van der Waals surface area (Å²) in [6.45, 7) is 0. The highest BCUT2D eigenvalue weighted by atomic mass is 16.5. The SMILES string of the molecule is C1=CCC2Oc3ccc(-c4ncccc4-c4nc(-c5ccccc5)c5ccccc5n4)cc3C3(C2=C1)c1ccccc1-c1ccccc13. The number of hydrogen-bond donors (Lipinski definition) is 0. The molecule has 0 saturated carbocycles. The van der Waals surface area contributed by atoms with E-state index >= 15 is 0 Å². The molecule has 5 aromatic carbocycles. The van der Waals surface area contributed by atoms with Crippen molar-refractivity contribution in [2.24, 2.45) is 0 Å². The van der Waals surface area contributed by atoms with Gasteiger partial charge in [0.1, 0.15) is 11.9 Å². The number of fused-ring (bicyclic) bond motifs is 10. The summed E-state index contributed by atoms with van der Waals surface area (Å²) in [5, 5.41) is 1.02. The van der Waals surface area contributed by atoms with Gasteiger partial charge in [0, 0.05) is 40.3 Å². The van der Waals surface area contributed by atoms with E-state index in [2.05, 4.69) is 115 Å². The fourth-order valence-corrected chi connectivity index (χ4v) is 8.13. The summed E-state index contributed by atoms with van der Waals surface area (Å²) in [5.74, 6) is 1.56. The molecule has 0 bridgehead atoms. The lowest BCUT2D eigenvalue weighted by molar-refractivity contribution is 0.205. The van der Waals surface area contributed by atoms with Crippen molar-refractivity contribution in [3.8, 4) is 50.8 Å². The maximum atomic E-state index is 6.81. The second-order valence-electron chi connectivity index (χ2n) is 12.6. The lowest BCUT2D eigenvalue weighted by atomic mass is 9.63. The van der Waals surface area contributed by atoms with E-state index in [1.54, 1.807) is 0 Å². The Morgan fingerprint density at radius 3 is 2.17 bits per heavy atom. The Hall–Kier alpha value is -6.13. The molecule has 7 aromatic rings. The molecule has 4 heteroatoms. The average molecular weight is 616 g/mol. The maximum Gasteiger partial charge on any atom is 0.162 e. The molecule has 4 nitrogen and oxygen atoms in total. The molecule has 1 spiro atoms. The van der Waals surface area contributed by atoms with Crippen LogP contribution >= 0.6 is 0 Å². The number of rotatable bonds is 3. The van der Waals surface area contributed by atoms with Crippen molar-refractivity contribution in [3.63, 3.8) is 0 Å². The van der Waals surface area contributed by atoms with Gasteiger partial charge < -0.3 is 4.74 Å². The molecule has 2 aliphatic carbocycles. The summed E-state index contributed by atoms with van der Waals surface area (Å²) in [6, 6.07) is 46.9. The standard InChI is InChI=1S/C44H29N3O/c1-2-13-28(14-3-1)42-32-17-6-10-22-38(32)46-43(47-42)33-18-12-26-45-41(33)29-24-25-40-37(27-29)44(36-21-9-11-23-39(36)48-40)34-19-7-4-15-30(34)31-16-5-8-20-35(31)44/h1-22,24-27,39H,23H2. The predicted octanol–water partition coefficient (Wildman–Crippen LogP) is 9.99. The highest BCUT2D eigenvalue weighted by Gasteiger charge is 2.53. The fourth-order valence-electron chi connectivity index (χ4n) is 8.13. The van der Waals surface area contributed by atoms with Crippen LogP contribution in [0.5, 0.6) is 5.75 Å². The summed E-state index contributed by atoms with van der Waals surface area (Å²) in [6.07, 6.45) is 9.33. The van der Waals surface area contributed by atoms with Crippen molar-refractivity contribution in [3.05, 3.63) is 180 Å². The quantitative estimate of drug-likeness (QED) is 0.199. The van der Waals surface area contributed by atoms with Crippen molar-refractivity contribution in [1.82, 2.24) is 15.0 Å². The second-order valence-corrected chi connectivity index (χ2v) is 12.6. The largest absolute Gasteiger partial charge is 0.485 e. The third kappa shape index (κ3) is 3.80. The molecule has 226 valence electrons. The Bertz CT molecular complexity index is 2430. The van der Waals surface area contributed by atoms with Gasteiger partial charge in [-0.05, 0) is 64.2 Å². The van der Waals surface area contributed by atoms with Gasteiger partial charge in [0.05, 0.1) is 22.3 Å². The topological polar surface area (TPSA) is 47.9 Å². The Labute approximate surface area is 278 Å². The molecule has 1 unspecified atom stereocenters. The Kier molecular flexibility index (Phi) is 5.88. The van der Waals surface area contributed by atoms with Crippen LogP contribution < -0.4 is 4.74 Å². The van der Waals surface area contributed by atoms with Crippen molar-refractivity contribution < 1.29 is 4.74 Å². The maximum absolute atomic E-state index is 6.81. The molecule has 1 aliphatic heterocycles. The van der Waals surface area contributed by atoms with Gasteiger partial charge in [-0.15, -0.1) is 0 Å². The van der Waals surface area contributed by atoms with Crippen molar-refractivity contribution in [2.75, 3.05) is 0 Å². The lowest BCUT2D eigenvalue weighted by Gasteiger charge is -2.45. The molecule has 2 aromatic heterocycles. The molecule has 0 amide bonds. The van der Waals surface area contributed by atoms with E-state index in [1.807, 2.05) is 42.6 Å². The summed E-state index contributed by atoms with van der Waals surface area (Å²) in [4.78, 5) is 15.3. The number of pyridine rings is 1. The number of benzene rings is 5. The monoisotopic (exact) mass is 615 g/mol. The van der Waals surface area contributed by atoms with Gasteiger partial charge in [-0.25, -0.2) is 9.97 Å². The highest BCUT2D eigenvalue weighted by molar-refractivity contribution is 5.95. The summed E-state index contributed by atoms with van der Waals surface area (Å²) in [7, 11) is 0. The van der Waals surface area contributed by atoms with Crippen molar-refractivity contribution in [1.29, 1.82) is 0 Å². The molecular formula is C44H29N3O. The number of nitrogens with zero attached hydrogens (tertiary/aromatic N) is 3. The normalized spacial score (nSPS) is 16.4. The molecule has 3 heterocycles. The molecule has 1 atom stereocenters. The van der Waals surface area contributed by atoms with E-state index in [4.69, 9.17) is 19.7 Å². The van der Waals surface area contributed by atoms with Crippen LogP contribution in [0, 0.1) is 0 Å². The first-order valence-corrected chi connectivity index (χ1v) is 16.5. The van der Waals surface area contributed by atoms with E-state index in [1.165, 1.54) is 27.8 Å². The minimum absolute atomic E-state index is 0.0413. The summed E-state index contributed by atoms with van der Waals surface area (Å²) < 4.78 is 6.81. The van der Waals surface area contributed by atoms with Gasteiger partial charge in [0.25, 0.3) is 0 Å². The first-order valence-electron chi connectivity index (χ1n) is 16.5.